The zero-order valence-electron chi connectivity index (χ0n) is 9.58. The van der Waals surface area contributed by atoms with Crippen molar-refractivity contribution in [2.45, 2.75) is 5.75 Å². The highest BCUT2D eigenvalue weighted by atomic mass is 32.2. The minimum absolute atomic E-state index is 0.0747. The van der Waals surface area contributed by atoms with Crippen molar-refractivity contribution in [3.05, 3.63) is 60.2 Å². The second kappa shape index (κ2) is 5.10. The Kier molecular flexibility index (Phi) is 3.53. The van der Waals surface area contributed by atoms with Gasteiger partial charge < -0.3 is 5.11 Å². The molecule has 0 saturated carbocycles. The Morgan fingerprint density at radius 3 is 2.17 bits per heavy atom. The van der Waals surface area contributed by atoms with Gasteiger partial charge in [-0.2, -0.15) is 0 Å². The molecule has 0 aliphatic rings. The average Bonchev–Trinajstić information content (AvgIpc) is 2.32. The van der Waals surface area contributed by atoms with E-state index in [1.165, 1.54) is 24.3 Å². The van der Waals surface area contributed by atoms with Crippen molar-refractivity contribution in [3.8, 4) is 5.75 Å². The zero-order valence-corrected chi connectivity index (χ0v) is 10.4. The van der Waals surface area contributed by atoms with E-state index in [1.54, 1.807) is 24.3 Å². The van der Waals surface area contributed by atoms with Gasteiger partial charge in [0.2, 0.25) is 10.0 Å². The number of rotatable bonds is 4. The molecule has 0 saturated heterocycles. The van der Waals surface area contributed by atoms with Crippen molar-refractivity contribution in [3.63, 3.8) is 0 Å². The van der Waals surface area contributed by atoms with E-state index in [4.69, 9.17) is 5.11 Å². The first-order valence-electron chi connectivity index (χ1n) is 5.39. The molecule has 0 unspecified atom stereocenters. The lowest BCUT2D eigenvalue weighted by atomic mass is 10.2. The third-order valence-electron chi connectivity index (χ3n) is 2.34. The molecular formula is C13H13NO3S. The van der Waals surface area contributed by atoms with Crippen LogP contribution in [0.3, 0.4) is 0 Å². The minimum Gasteiger partial charge on any atom is -0.508 e. The standard InChI is InChI=1S/C13H13NO3S/c15-13-8-6-12(7-9-13)14-18(16,17)10-11-4-2-1-3-5-11/h1-9,14-15H,10H2. The third-order valence-corrected chi connectivity index (χ3v) is 3.60. The zero-order chi connectivity index (χ0) is 13.0. The van der Waals surface area contributed by atoms with Crippen LogP contribution in [0.2, 0.25) is 0 Å². The van der Waals surface area contributed by atoms with Crippen molar-refractivity contribution in [2.75, 3.05) is 4.72 Å². The van der Waals surface area contributed by atoms with E-state index < -0.39 is 10.0 Å². The lowest BCUT2D eigenvalue weighted by molar-refractivity contribution is 0.475. The number of hydrogen-bond acceptors (Lipinski definition) is 3. The van der Waals surface area contributed by atoms with Gasteiger partial charge in [0, 0.05) is 5.69 Å². The molecule has 0 aromatic heterocycles. The Hall–Kier alpha value is -2.01. The molecule has 0 amide bonds. The number of sulfonamides is 1. The van der Waals surface area contributed by atoms with Crippen LogP contribution in [0.15, 0.2) is 54.6 Å². The smallest absolute Gasteiger partial charge is 0.236 e. The van der Waals surface area contributed by atoms with E-state index >= 15 is 0 Å². The fraction of sp³-hybridized carbons (Fsp3) is 0.0769. The van der Waals surface area contributed by atoms with Gasteiger partial charge in [0.25, 0.3) is 0 Å². The Labute approximate surface area is 106 Å². The normalized spacial score (nSPS) is 11.1. The van der Waals surface area contributed by atoms with E-state index in [9.17, 15) is 8.42 Å². The van der Waals surface area contributed by atoms with E-state index in [-0.39, 0.29) is 11.5 Å². The van der Waals surface area contributed by atoms with E-state index in [0.29, 0.717) is 5.69 Å². The number of benzene rings is 2. The highest BCUT2D eigenvalue weighted by molar-refractivity contribution is 7.91. The second-order valence-electron chi connectivity index (χ2n) is 3.89. The SMILES string of the molecule is O=S(=O)(Cc1ccccc1)Nc1ccc(O)cc1. The Balaban J connectivity index is 2.10. The lowest BCUT2D eigenvalue weighted by Crippen LogP contribution is -2.14. The molecule has 0 fully saturated rings. The molecule has 0 atom stereocenters. The number of aromatic hydroxyl groups is 1. The van der Waals surface area contributed by atoms with Gasteiger partial charge in [-0.15, -0.1) is 0 Å². The molecule has 4 nitrogen and oxygen atoms in total. The summed E-state index contributed by atoms with van der Waals surface area (Å²) in [7, 11) is -3.43. The van der Waals surface area contributed by atoms with Gasteiger partial charge in [-0.1, -0.05) is 30.3 Å². The van der Waals surface area contributed by atoms with E-state index in [2.05, 4.69) is 4.72 Å². The second-order valence-corrected chi connectivity index (χ2v) is 5.62. The molecule has 0 radical (unpaired) electrons. The Morgan fingerprint density at radius 1 is 0.944 bits per heavy atom. The molecule has 0 spiro atoms. The van der Waals surface area contributed by atoms with Gasteiger partial charge in [-0.25, -0.2) is 8.42 Å². The summed E-state index contributed by atoms with van der Waals surface area (Å²) in [5.74, 6) is 0.0235. The molecule has 0 aliphatic carbocycles. The maximum absolute atomic E-state index is 11.9. The van der Waals surface area contributed by atoms with Gasteiger partial charge in [0.05, 0.1) is 5.75 Å². The van der Waals surface area contributed by atoms with Crippen LogP contribution >= 0.6 is 0 Å². The number of hydrogen-bond donors (Lipinski definition) is 2. The first-order chi connectivity index (χ1) is 8.55. The number of phenolic OH excluding ortho intramolecular Hbond substituents is 1. The summed E-state index contributed by atoms with van der Waals surface area (Å²) < 4.78 is 26.2. The third kappa shape index (κ3) is 3.49. The van der Waals surface area contributed by atoms with Crippen LogP contribution in [0.1, 0.15) is 5.56 Å². The average molecular weight is 263 g/mol. The fourth-order valence-corrected chi connectivity index (χ4v) is 2.74. The van der Waals surface area contributed by atoms with E-state index in [1.807, 2.05) is 6.07 Å². The molecule has 18 heavy (non-hydrogen) atoms. The Morgan fingerprint density at radius 2 is 1.56 bits per heavy atom. The Bertz CT molecular complexity index is 606. The van der Waals surface area contributed by atoms with Crippen LogP contribution in [0.25, 0.3) is 0 Å². The lowest BCUT2D eigenvalue weighted by Gasteiger charge is -2.08. The summed E-state index contributed by atoms with van der Waals surface area (Å²) in [6.45, 7) is 0. The summed E-state index contributed by atoms with van der Waals surface area (Å²) in [6.07, 6.45) is 0. The largest absolute Gasteiger partial charge is 0.508 e. The molecular weight excluding hydrogens is 250 g/mol. The highest BCUT2D eigenvalue weighted by Gasteiger charge is 2.11. The number of phenols is 1. The van der Waals surface area contributed by atoms with Crippen molar-refractivity contribution >= 4 is 15.7 Å². The molecule has 5 heteroatoms. The molecule has 2 rings (SSSR count). The fourth-order valence-electron chi connectivity index (χ4n) is 1.54. The predicted molar refractivity (Wildman–Crippen MR) is 70.8 cm³/mol. The van der Waals surface area contributed by atoms with Crippen molar-refractivity contribution in [1.82, 2.24) is 0 Å². The first kappa shape index (κ1) is 12.4. The van der Waals surface area contributed by atoms with Crippen LogP contribution in [0.5, 0.6) is 5.75 Å². The van der Waals surface area contributed by atoms with Crippen LogP contribution in [0, 0.1) is 0 Å². The highest BCUT2D eigenvalue weighted by Crippen LogP contribution is 2.16. The van der Waals surface area contributed by atoms with Crippen molar-refractivity contribution in [1.29, 1.82) is 0 Å². The van der Waals surface area contributed by atoms with Crippen LogP contribution in [-0.4, -0.2) is 13.5 Å². The van der Waals surface area contributed by atoms with Gasteiger partial charge in [0.1, 0.15) is 5.75 Å². The topological polar surface area (TPSA) is 66.4 Å². The van der Waals surface area contributed by atoms with Crippen molar-refractivity contribution < 1.29 is 13.5 Å². The van der Waals surface area contributed by atoms with Gasteiger partial charge in [0.15, 0.2) is 0 Å². The molecule has 0 aliphatic heterocycles. The quantitative estimate of drug-likeness (QED) is 0.832. The number of anilines is 1. The van der Waals surface area contributed by atoms with Crippen molar-refractivity contribution in [2.24, 2.45) is 0 Å². The van der Waals surface area contributed by atoms with Crippen LogP contribution in [0.4, 0.5) is 5.69 Å². The summed E-state index contributed by atoms with van der Waals surface area (Å²) in [5.41, 5.74) is 1.16. The molecule has 0 bridgehead atoms. The molecule has 0 heterocycles. The minimum atomic E-state index is -3.43. The van der Waals surface area contributed by atoms with Gasteiger partial charge in [-0.05, 0) is 29.8 Å². The summed E-state index contributed by atoms with van der Waals surface area (Å²) >= 11 is 0. The first-order valence-corrected chi connectivity index (χ1v) is 7.04. The maximum Gasteiger partial charge on any atom is 0.236 e. The van der Waals surface area contributed by atoms with Gasteiger partial charge >= 0.3 is 0 Å². The summed E-state index contributed by atoms with van der Waals surface area (Å²) in [4.78, 5) is 0. The molecule has 94 valence electrons. The molecule has 2 N–H and O–H groups in total. The van der Waals surface area contributed by atoms with Crippen LogP contribution in [-0.2, 0) is 15.8 Å². The monoisotopic (exact) mass is 263 g/mol. The molecule has 2 aromatic carbocycles. The van der Waals surface area contributed by atoms with Gasteiger partial charge in [-0.3, -0.25) is 4.72 Å². The van der Waals surface area contributed by atoms with Crippen LogP contribution < -0.4 is 4.72 Å². The van der Waals surface area contributed by atoms with E-state index in [0.717, 1.165) is 5.56 Å². The predicted octanol–water partition coefficient (Wildman–Crippen LogP) is 2.33. The summed E-state index contributed by atoms with van der Waals surface area (Å²) in [5, 5.41) is 9.11. The summed E-state index contributed by atoms with van der Waals surface area (Å²) in [6, 6.07) is 14.8. The maximum atomic E-state index is 11.9. The molecule has 2 aromatic rings. The number of nitrogens with one attached hydrogen (secondary N) is 1.